The maximum absolute atomic E-state index is 12.4. The number of hydrogen-bond acceptors (Lipinski definition) is 5. The van der Waals surface area contributed by atoms with Gasteiger partial charge < -0.3 is 15.0 Å². The Morgan fingerprint density at radius 3 is 2.70 bits per heavy atom. The number of nitrogens with zero attached hydrogens (tertiary/aromatic N) is 3. The average molecular weight is 381 g/mol. The van der Waals surface area contributed by atoms with Gasteiger partial charge in [-0.2, -0.15) is 0 Å². The molecule has 0 radical (unpaired) electrons. The molecule has 27 heavy (non-hydrogen) atoms. The zero-order chi connectivity index (χ0) is 18.8. The summed E-state index contributed by atoms with van der Waals surface area (Å²) in [6, 6.07) is 13.2. The standard InChI is InChI=1S/C20H17ClN4O2/c1-27-18-7-6-15(10-16(18)21)24-19(26)14-11-22-20(23-12-14)25-9-8-13-4-2-3-5-17(13)25/h2-7,10-12H,8-9H2,1H3,(H,24,26). The number of para-hydroxylation sites is 1. The van der Waals surface area contributed by atoms with Gasteiger partial charge >= 0.3 is 0 Å². The number of benzene rings is 2. The number of halogens is 1. The lowest BCUT2D eigenvalue weighted by atomic mass is 10.2. The monoisotopic (exact) mass is 380 g/mol. The van der Waals surface area contributed by atoms with Crippen molar-refractivity contribution >= 4 is 34.8 Å². The second-order valence-corrected chi connectivity index (χ2v) is 6.51. The van der Waals surface area contributed by atoms with Crippen molar-refractivity contribution < 1.29 is 9.53 Å². The van der Waals surface area contributed by atoms with Crippen molar-refractivity contribution in [1.29, 1.82) is 0 Å². The van der Waals surface area contributed by atoms with E-state index in [0.29, 0.717) is 28.0 Å². The van der Waals surface area contributed by atoms with Gasteiger partial charge in [-0.05, 0) is 36.2 Å². The van der Waals surface area contributed by atoms with E-state index in [9.17, 15) is 4.79 Å². The van der Waals surface area contributed by atoms with E-state index in [1.807, 2.05) is 12.1 Å². The molecule has 4 rings (SSSR count). The van der Waals surface area contributed by atoms with E-state index < -0.39 is 0 Å². The predicted octanol–water partition coefficient (Wildman–Crippen LogP) is 4.09. The quantitative estimate of drug-likeness (QED) is 0.738. The SMILES string of the molecule is COc1ccc(NC(=O)c2cnc(N3CCc4ccccc43)nc2)cc1Cl. The Kier molecular flexibility index (Phi) is 4.64. The highest BCUT2D eigenvalue weighted by molar-refractivity contribution is 6.32. The fourth-order valence-corrected chi connectivity index (χ4v) is 3.33. The minimum absolute atomic E-state index is 0.301. The molecule has 136 valence electrons. The first-order chi connectivity index (χ1) is 13.2. The van der Waals surface area contributed by atoms with E-state index >= 15 is 0 Å². The molecule has 0 saturated heterocycles. The fraction of sp³-hybridized carbons (Fsp3) is 0.150. The van der Waals surface area contributed by atoms with E-state index in [4.69, 9.17) is 16.3 Å². The maximum atomic E-state index is 12.4. The smallest absolute Gasteiger partial charge is 0.258 e. The zero-order valence-electron chi connectivity index (χ0n) is 14.6. The topological polar surface area (TPSA) is 67.3 Å². The van der Waals surface area contributed by atoms with Crippen molar-refractivity contribution in [2.45, 2.75) is 6.42 Å². The lowest BCUT2D eigenvalue weighted by Crippen LogP contribution is -2.18. The van der Waals surface area contributed by atoms with Crippen LogP contribution in [0.15, 0.2) is 54.9 Å². The Bertz CT molecular complexity index is 992. The molecule has 3 aromatic rings. The third-order valence-corrected chi connectivity index (χ3v) is 4.73. The van der Waals surface area contributed by atoms with Gasteiger partial charge in [0, 0.05) is 30.3 Å². The van der Waals surface area contributed by atoms with E-state index in [2.05, 4.69) is 32.3 Å². The molecule has 2 aromatic carbocycles. The van der Waals surface area contributed by atoms with Crippen LogP contribution in [0, 0.1) is 0 Å². The van der Waals surface area contributed by atoms with Crippen LogP contribution >= 0.6 is 11.6 Å². The molecular weight excluding hydrogens is 364 g/mol. The molecule has 1 amide bonds. The molecule has 0 fully saturated rings. The molecule has 0 saturated carbocycles. The highest BCUT2D eigenvalue weighted by atomic mass is 35.5. The molecule has 0 aliphatic carbocycles. The van der Waals surface area contributed by atoms with Gasteiger partial charge in [0.15, 0.2) is 0 Å². The Balaban J connectivity index is 1.49. The second-order valence-electron chi connectivity index (χ2n) is 6.11. The first-order valence-electron chi connectivity index (χ1n) is 8.48. The molecule has 1 N–H and O–H groups in total. The maximum Gasteiger partial charge on any atom is 0.258 e. The molecule has 1 aliphatic rings. The summed E-state index contributed by atoms with van der Waals surface area (Å²) >= 11 is 6.09. The molecule has 6 nitrogen and oxygen atoms in total. The van der Waals surface area contributed by atoms with Gasteiger partial charge in [0.1, 0.15) is 5.75 Å². The number of hydrogen-bond donors (Lipinski definition) is 1. The average Bonchev–Trinajstić information content (AvgIpc) is 3.12. The number of rotatable bonds is 4. The first kappa shape index (κ1) is 17.3. The normalized spacial score (nSPS) is 12.6. The number of anilines is 3. The van der Waals surface area contributed by atoms with Crippen molar-refractivity contribution in [3.8, 4) is 5.75 Å². The van der Waals surface area contributed by atoms with Crippen LogP contribution in [0.1, 0.15) is 15.9 Å². The van der Waals surface area contributed by atoms with E-state index in [0.717, 1.165) is 18.7 Å². The Morgan fingerprint density at radius 2 is 1.96 bits per heavy atom. The second kappa shape index (κ2) is 7.25. The van der Waals surface area contributed by atoms with Crippen LogP contribution in [0.2, 0.25) is 5.02 Å². The molecule has 1 aliphatic heterocycles. The number of ether oxygens (including phenoxy) is 1. The van der Waals surface area contributed by atoms with Crippen LogP contribution in [0.3, 0.4) is 0 Å². The molecule has 2 heterocycles. The van der Waals surface area contributed by atoms with Crippen LogP contribution < -0.4 is 15.0 Å². The van der Waals surface area contributed by atoms with Crippen molar-refractivity contribution in [3.63, 3.8) is 0 Å². The van der Waals surface area contributed by atoms with Crippen LogP contribution in [0.5, 0.6) is 5.75 Å². The molecule has 1 aromatic heterocycles. The number of carbonyl (C=O) groups is 1. The van der Waals surface area contributed by atoms with Crippen molar-refractivity contribution in [3.05, 3.63) is 71.0 Å². The van der Waals surface area contributed by atoms with Gasteiger partial charge in [-0.1, -0.05) is 29.8 Å². The van der Waals surface area contributed by atoms with E-state index in [1.54, 1.807) is 18.2 Å². The Morgan fingerprint density at radius 1 is 1.19 bits per heavy atom. The minimum atomic E-state index is -0.301. The highest BCUT2D eigenvalue weighted by Gasteiger charge is 2.22. The molecular formula is C20H17ClN4O2. The summed E-state index contributed by atoms with van der Waals surface area (Å²) in [6.45, 7) is 0.829. The molecule has 7 heteroatoms. The summed E-state index contributed by atoms with van der Waals surface area (Å²) in [5.41, 5.74) is 3.34. The number of methoxy groups -OCH3 is 1. The summed E-state index contributed by atoms with van der Waals surface area (Å²) < 4.78 is 5.11. The van der Waals surface area contributed by atoms with Gasteiger partial charge in [-0.3, -0.25) is 4.79 Å². The zero-order valence-corrected chi connectivity index (χ0v) is 15.4. The number of aromatic nitrogens is 2. The van der Waals surface area contributed by atoms with E-state index in [1.165, 1.54) is 25.1 Å². The summed E-state index contributed by atoms with van der Waals surface area (Å²) in [5.74, 6) is 0.835. The summed E-state index contributed by atoms with van der Waals surface area (Å²) in [4.78, 5) is 23.2. The summed E-state index contributed by atoms with van der Waals surface area (Å²) in [5, 5.41) is 3.21. The first-order valence-corrected chi connectivity index (χ1v) is 8.86. The van der Waals surface area contributed by atoms with Crippen molar-refractivity contribution in [1.82, 2.24) is 9.97 Å². The van der Waals surface area contributed by atoms with Crippen molar-refractivity contribution in [2.24, 2.45) is 0 Å². The van der Waals surface area contributed by atoms with Crippen LogP contribution in [0.4, 0.5) is 17.3 Å². The number of amides is 1. The third-order valence-electron chi connectivity index (χ3n) is 4.44. The molecule has 0 bridgehead atoms. The van der Waals surface area contributed by atoms with Gasteiger partial charge in [0.2, 0.25) is 5.95 Å². The largest absolute Gasteiger partial charge is 0.495 e. The lowest BCUT2D eigenvalue weighted by Gasteiger charge is -2.17. The predicted molar refractivity (Wildman–Crippen MR) is 105 cm³/mol. The Hall–Kier alpha value is -3.12. The summed E-state index contributed by atoms with van der Waals surface area (Å²) in [6.07, 6.45) is 4.02. The molecule has 0 spiro atoms. The number of nitrogens with one attached hydrogen (secondary N) is 1. The minimum Gasteiger partial charge on any atom is -0.495 e. The van der Waals surface area contributed by atoms with Crippen LogP contribution in [0.25, 0.3) is 0 Å². The van der Waals surface area contributed by atoms with Gasteiger partial charge in [0.25, 0.3) is 5.91 Å². The van der Waals surface area contributed by atoms with Crippen LogP contribution in [-0.2, 0) is 6.42 Å². The highest BCUT2D eigenvalue weighted by Crippen LogP contribution is 2.32. The fourth-order valence-electron chi connectivity index (χ4n) is 3.07. The number of fused-ring (bicyclic) bond motifs is 1. The van der Waals surface area contributed by atoms with Crippen LogP contribution in [-0.4, -0.2) is 29.5 Å². The van der Waals surface area contributed by atoms with Gasteiger partial charge in [-0.15, -0.1) is 0 Å². The van der Waals surface area contributed by atoms with Gasteiger partial charge in [-0.25, -0.2) is 9.97 Å². The lowest BCUT2D eigenvalue weighted by molar-refractivity contribution is 0.102. The van der Waals surface area contributed by atoms with Crippen molar-refractivity contribution in [2.75, 3.05) is 23.9 Å². The van der Waals surface area contributed by atoms with E-state index in [-0.39, 0.29) is 5.91 Å². The van der Waals surface area contributed by atoms with Gasteiger partial charge in [0.05, 0.1) is 17.7 Å². The molecule has 0 atom stereocenters. The molecule has 0 unspecified atom stereocenters. The number of carbonyl (C=O) groups excluding carboxylic acids is 1. The third kappa shape index (κ3) is 3.44. The summed E-state index contributed by atoms with van der Waals surface area (Å²) in [7, 11) is 1.54. The Labute approximate surface area is 161 Å².